The lowest BCUT2D eigenvalue weighted by atomic mass is 10.1. The summed E-state index contributed by atoms with van der Waals surface area (Å²) in [5.74, 6) is -0.314. The smallest absolute Gasteiger partial charge is 0.399 e. The van der Waals surface area contributed by atoms with Gasteiger partial charge in [0, 0.05) is 12.2 Å². The van der Waals surface area contributed by atoms with Crippen molar-refractivity contribution in [3.05, 3.63) is 29.3 Å². The molecular weight excluding hydrogens is 245 g/mol. The second kappa shape index (κ2) is 4.51. The number of carbonyl (C=O) groups excluding carboxylic acids is 1. The third kappa shape index (κ3) is 2.94. The summed E-state index contributed by atoms with van der Waals surface area (Å²) in [6.45, 7) is 0.422. The summed E-state index contributed by atoms with van der Waals surface area (Å²) in [5.41, 5.74) is 4.20. The lowest BCUT2D eigenvalue weighted by Gasteiger charge is -2.13. The van der Waals surface area contributed by atoms with E-state index in [0.29, 0.717) is 12.5 Å². The second-order valence-corrected chi connectivity index (χ2v) is 4.46. The highest BCUT2D eigenvalue weighted by molar-refractivity contribution is 5.96. The Balaban J connectivity index is 2.22. The van der Waals surface area contributed by atoms with Crippen LogP contribution in [0.3, 0.4) is 0 Å². The number of hydrogen-bond acceptors (Lipinski definition) is 2. The van der Waals surface area contributed by atoms with Crippen molar-refractivity contribution >= 4 is 11.6 Å². The van der Waals surface area contributed by atoms with Crippen molar-refractivity contribution < 1.29 is 18.0 Å². The van der Waals surface area contributed by atoms with E-state index in [9.17, 15) is 18.0 Å². The van der Waals surface area contributed by atoms with E-state index in [4.69, 9.17) is 5.73 Å². The largest absolute Gasteiger partial charge is 0.417 e. The number of hydrogen-bond donors (Lipinski definition) is 2. The quantitative estimate of drug-likeness (QED) is 0.818. The third-order valence-electron chi connectivity index (χ3n) is 2.84. The zero-order chi connectivity index (χ0) is 13.3. The highest BCUT2D eigenvalue weighted by atomic mass is 19.4. The summed E-state index contributed by atoms with van der Waals surface area (Å²) in [4.78, 5) is 11.7. The van der Waals surface area contributed by atoms with Crippen LogP contribution in [-0.2, 0) is 6.18 Å². The highest BCUT2D eigenvalue weighted by Gasteiger charge is 2.35. The van der Waals surface area contributed by atoms with E-state index < -0.39 is 23.2 Å². The lowest BCUT2D eigenvalue weighted by molar-refractivity contribution is -0.137. The molecule has 0 saturated heterocycles. The molecule has 0 aliphatic heterocycles. The molecule has 98 valence electrons. The highest BCUT2D eigenvalue weighted by Crippen LogP contribution is 2.33. The maximum Gasteiger partial charge on any atom is 0.417 e. The maximum atomic E-state index is 12.7. The molecule has 3 N–H and O–H groups in total. The number of halogens is 3. The van der Waals surface area contributed by atoms with Gasteiger partial charge in [0.15, 0.2) is 0 Å². The monoisotopic (exact) mass is 258 g/mol. The predicted molar refractivity (Wildman–Crippen MR) is 60.9 cm³/mol. The maximum absolute atomic E-state index is 12.7. The predicted octanol–water partition coefficient (Wildman–Crippen LogP) is 2.43. The number of benzene rings is 1. The van der Waals surface area contributed by atoms with Gasteiger partial charge in [-0.05, 0) is 37.0 Å². The van der Waals surface area contributed by atoms with Gasteiger partial charge in [-0.2, -0.15) is 13.2 Å². The van der Waals surface area contributed by atoms with Gasteiger partial charge in [-0.25, -0.2) is 0 Å². The molecule has 0 radical (unpaired) electrons. The fourth-order valence-corrected chi connectivity index (χ4v) is 1.65. The zero-order valence-electron chi connectivity index (χ0n) is 9.55. The minimum absolute atomic E-state index is 0.138. The molecule has 1 aromatic carbocycles. The van der Waals surface area contributed by atoms with E-state index in [-0.39, 0.29) is 5.69 Å². The number of alkyl halides is 3. The van der Waals surface area contributed by atoms with Gasteiger partial charge in [0.05, 0.1) is 11.1 Å². The molecule has 1 aromatic rings. The van der Waals surface area contributed by atoms with Crippen molar-refractivity contribution in [3.63, 3.8) is 0 Å². The molecule has 3 nitrogen and oxygen atoms in total. The van der Waals surface area contributed by atoms with Gasteiger partial charge in [-0.1, -0.05) is 0 Å². The van der Waals surface area contributed by atoms with Gasteiger partial charge in [0.25, 0.3) is 5.91 Å². The number of amides is 1. The molecule has 0 bridgehead atoms. The molecule has 0 aromatic heterocycles. The fourth-order valence-electron chi connectivity index (χ4n) is 1.65. The van der Waals surface area contributed by atoms with Gasteiger partial charge >= 0.3 is 6.18 Å². The normalized spacial score (nSPS) is 15.5. The fraction of sp³-hybridized carbons (Fsp3) is 0.417. The summed E-state index contributed by atoms with van der Waals surface area (Å²) in [7, 11) is 0. The molecule has 18 heavy (non-hydrogen) atoms. The number of anilines is 1. The molecule has 0 heterocycles. The van der Waals surface area contributed by atoms with E-state index in [1.807, 2.05) is 0 Å². The van der Waals surface area contributed by atoms with Gasteiger partial charge in [0.2, 0.25) is 0 Å². The second-order valence-electron chi connectivity index (χ2n) is 4.46. The third-order valence-corrected chi connectivity index (χ3v) is 2.84. The molecule has 2 rings (SSSR count). The van der Waals surface area contributed by atoms with Crippen molar-refractivity contribution in [2.24, 2.45) is 5.92 Å². The van der Waals surface area contributed by atoms with Gasteiger partial charge in [0.1, 0.15) is 0 Å². The molecule has 1 fully saturated rings. The minimum atomic E-state index is -4.56. The Morgan fingerprint density at radius 1 is 1.39 bits per heavy atom. The van der Waals surface area contributed by atoms with E-state index in [0.717, 1.165) is 31.0 Å². The summed E-state index contributed by atoms with van der Waals surface area (Å²) in [5, 5.41) is 2.51. The Morgan fingerprint density at radius 2 is 2.06 bits per heavy atom. The van der Waals surface area contributed by atoms with Crippen LogP contribution in [0.1, 0.15) is 28.8 Å². The molecule has 1 saturated carbocycles. The number of nitrogens with one attached hydrogen (secondary N) is 1. The molecular formula is C12H13F3N2O. The lowest BCUT2D eigenvalue weighted by Crippen LogP contribution is -2.28. The molecule has 6 heteroatoms. The van der Waals surface area contributed by atoms with Crippen LogP contribution in [0.25, 0.3) is 0 Å². The van der Waals surface area contributed by atoms with E-state index in [1.165, 1.54) is 0 Å². The molecule has 0 unspecified atom stereocenters. The summed E-state index contributed by atoms with van der Waals surface area (Å²) < 4.78 is 38.2. The molecule has 1 aliphatic carbocycles. The van der Waals surface area contributed by atoms with Crippen LogP contribution in [0.4, 0.5) is 18.9 Å². The topological polar surface area (TPSA) is 55.1 Å². The Morgan fingerprint density at radius 3 is 2.61 bits per heavy atom. The molecule has 1 aliphatic rings. The first-order valence-electron chi connectivity index (χ1n) is 5.63. The average molecular weight is 258 g/mol. The van der Waals surface area contributed by atoms with Crippen LogP contribution in [0.5, 0.6) is 0 Å². The van der Waals surface area contributed by atoms with Crippen LogP contribution in [0.2, 0.25) is 0 Å². The van der Waals surface area contributed by atoms with Crippen LogP contribution >= 0.6 is 0 Å². The van der Waals surface area contributed by atoms with Crippen molar-refractivity contribution in [2.45, 2.75) is 19.0 Å². The minimum Gasteiger partial charge on any atom is -0.399 e. The van der Waals surface area contributed by atoms with Crippen molar-refractivity contribution in [1.82, 2.24) is 5.32 Å². The van der Waals surface area contributed by atoms with E-state index in [2.05, 4.69) is 5.32 Å². The Hall–Kier alpha value is -1.72. The van der Waals surface area contributed by atoms with Gasteiger partial charge in [-0.15, -0.1) is 0 Å². The van der Waals surface area contributed by atoms with Crippen LogP contribution in [0.15, 0.2) is 18.2 Å². The number of nitrogen functional groups attached to an aromatic ring is 1. The Labute approximate surface area is 102 Å². The molecule has 0 atom stereocenters. The van der Waals surface area contributed by atoms with Crippen molar-refractivity contribution in [2.75, 3.05) is 12.3 Å². The first-order valence-corrected chi connectivity index (χ1v) is 5.63. The summed E-state index contributed by atoms with van der Waals surface area (Å²) in [6.07, 6.45) is -2.52. The number of rotatable bonds is 3. The van der Waals surface area contributed by atoms with E-state index in [1.54, 1.807) is 0 Å². The molecule has 0 spiro atoms. The van der Waals surface area contributed by atoms with Crippen molar-refractivity contribution in [1.29, 1.82) is 0 Å². The SMILES string of the molecule is Nc1ccc(C(F)(F)F)c(C(=O)NCC2CC2)c1. The Kier molecular flexibility index (Phi) is 3.19. The number of nitrogens with two attached hydrogens (primary N) is 1. The zero-order valence-corrected chi connectivity index (χ0v) is 9.55. The average Bonchev–Trinajstić information content (AvgIpc) is 3.07. The van der Waals surface area contributed by atoms with E-state index >= 15 is 0 Å². The number of carbonyl (C=O) groups is 1. The molecule has 1 amide bonds. The first kappa shape index (κ1) is 12.7. The van der Waals surface area contributed by atoms with Crippen molar-refractivity contribution in [3.8, 4) is 0 Å². The van der Waals surface area contributed by atoms with Gasteiger partial charge in [-0.3, -0.25) is 4.79 Å². The standard InChI is InChI=1S/C12H13F3N2O/c13-12(14,15)10-4-3-8(16)5-9(10)11(18)17-6-7-1-2-7/h3-5,7H,1-2,6,16H2,(H,17,18). The van der Waals surface area contributed by atoms with Crippen LogP contribution < -0.4 is 11.1 Å². The summed E-state index contributed by atoms with van der Waals surface area (Å²) in [6, 6.07) is 3.03. The van der Waals surface area contributed by atoms with Crippen LogP contribution in [-0.4, -0.2) is 12.5 Å². The van der Waals surface area contributed by atoms with Gasteiger partial charge < -0.3 is 11.1 Å². The Bertz CT molecular complexity index is 467. The van der Waals surface area contributed by atoms with Crippen LogP contribution in [0, 0.1) is 5.92 Å². The summed E-state index contributed by atoms with van der Waals surface area (Å²) >= 11 is 0. The first-order chi connectivity index (χ1) is 8.38.